The van der Waals surface area contributed by atoms with Gasteiger partial charge in [-0.1, -0.05) is 37.3 Å². The number of sulfonamides is 1. The van der Waals surface area contributed by atoms with E-state index in [0.29, 0.717) is 23.6 Å². The summed E-state index contributed by atoms with van der Waals surface area (Å²) in [6.07, 6.45) is 1.74. The number of nitrogens with zero attached hydrogens (tertiary/aromatic N) is 1. The Morgan fingerprint density at radius 2 is 1.47 bits per heavy atom. The Morgan fingerprint density at radius 3 is 2.00 bits per heavy atom. The van der Waals surface area contributed by atoms with Crippen molar-refractivity contribution >= 4 is 21.6 Å². The van der Waals surface area contributed by atoms with Gasteiger partial charge in [0.2, 0.25) is 15.9 Å². The van der Waals surface area contributed by atoms with Crippen molar-refractivity contribution in [2.45, 2.75) is 32.4 Å². The van der Waals surface area contributed by atoms with E-state index in [0.717, 1.165) is 21.9 Å². The van der Waals surface area contributed by atoms with Crippen LogP contribution in [0.25, 0.3) is 0 Å². The number of hydrogen-bond donors (Lipinski definition) is 1. The zero-order valence-corrected chi connectivity index (χ0v) is 20.6. The van der Waals surface area contributed by atoms with Crippen LogP contribution >= 0.6 is 0 Å². The molecule has 0 spiro atoms. The van der Waals surface area contributed by atoms with Gasteiger partial charge in [0.15, 0.2) is 0 Å². The molecule has 0 saturated heterocycles. The molecule has 3 rings (SSSR count). The van der Waals surface area contributed by atoms with E-state index in [1.807, 2.05) is 61.5 Å². The number of anilines is 1. The molecule has 1 N–H and O–H groups in total. The monoisotopic (exact) mass is 482 g/mol. The number of nitrogens with one attached hydrogen (secondary N) is 1. The average molecular weight is 483 g/mol. The van der Waals surface area contributed by atoms with Crippen molar-refractivity contribution in [2.75, 3.05) is 17.7 Å². The summed E-state index contributed by atoms with van der Waals surface area (Å²) < 4.78 is 37.4. The van der Waals surface area contributed by atoms with Crippen molar-refractivity contribution in [3.8, 4) is 17.2 Å². The van der Waals surface area contributed by atoms with Crippen molar-refractivity contribution in [3.63, 3.8) is 0 Å². The van der Waals surface area contributed by atoms with Gasteiger partial charge in [-0.25, -0.2) is 8.42 Å². The first-order valence-electron chi connectivity index (χ1n) is 11.0. The van der Waals surface area contributed by atoms with Gasteiger partial charge in [-0.15, -0.1) is 0 Å². The normalized spacial score (nSPS) is 12.9. The molecule has 0 saturated carbocycles. The summed E-state index contributed by atoms with van der Waals surface area (Å²) >= 11 is 0. The van der Waals surface area contributed by atoms with Crippen LogP contribution in [0.2, 0.25) is 0 Å². The Morgan fingerprint density at radius 1 is 0.912 bits per heavy atom. The number of para-hydroxylation sites is 1. The number of methoxy groups -OCH3 is 1. The lowest BCUT2D eigenvalue weighted by molar-refractivity contribution is -0.122. The fourth-order valence-electron chi connectivity index (χ4n) is 3.64. The smallest absolute Gasteiger partial charge is 0.244 e. The lowest BCUT2D eigenvalue weighted by Gasteiger charge is -2.30. The predicted octanol–water partition coefficient (Wildman–Crippen LogP) is 4.91. The highest BCUT2D eigenvalue weighted by atomic mass is 32.2. The molecule has 0 aliphatic carbocycles. The highest BCUT2D eigenvalue weighted by molar-refractivity contribution is 7.92. The van der Waals surface area contributed by atoms with Crippen LogP contribution in [0.1, 0.15) is 31.9 Å². The number of ether oxygens (including phenoxy) is 2. The first kappa shape index (κ1) is 25.1. The summed E-state index contributed by atoms with van der Waals surface area (Å²) in [6.45, 7) is 3.53. The van der Waals surface area contributed by atoms with E-state index in [4.69, 9.17) is 9.47 Å². The third kappa shape index (κ3) is 6.29. The minimum absolute atomic E-state index is 0.260. The van der Waals surface area contributed by atoms with Gasteiger partial charge >= 0.3 is 0 Å². The Hall–Kier alpha value is -3.52. The van der Waals surface area contributed by atoms with Crippen LogP contribution in [0.4, 0.5) is 5.69 Å². The van der Waals surface area contributed by atoms with Crippen molar-refractivity contribution in [2.24, 2.45) is 0 Å². The topological polar surface area (TPSA) is 84.9 Å². The Bertz CT molecular complexity index is 1180. The summed E-state index contributed by atoms with van der Waals surface area (Å²) in [6, 6.07) is 22.1. The van der Waals surface area contributed by atoms with E-state index >= 15 is 0 Å². The number of carbonyl (C=O) groups excluding carboxylic acids is 1. The molecule has 0 fully saturated rings. The first-order chi connectivity index (χ1) is 16.2. The molecule has 34 heavy (non-hydrogen) atoms. The average Bonchev–Trinajstić information content (AvgIpc) is 2.83. The highest BCUT2D eigenvalue weighted by Gasteiger charge is 2.30. The maximum absolute atomic E-state index is 13.1. The standard InChI is InChI=1S/C26H30N2O5S/c1-5-25(20-11-15-22(32-3)16-12-20)27-26(29)19(2)28(34(4,30)31)21-13-17-24(18-14-21)33-23-9-7-6-8-10-23/h6-19,25H,5H2,1-4H3,(H,27,29)/t19-,25+/m1/s1. The minimum Gasteiger partial charge on any atom is -0.497 e. The van der Waals surface area contributed by atoms with E-state index in [9.17, 15) is 13.2 Å². The van der Waals surface area contributed by atoms with Crippen LogP contribution in [0.3, 0.4) is 0 Å². The Labute approximate surface area is 201 Å². The summed E-state index contributed by atoms with van der Waals surface area (Å²) in [5.74, 6) is 1.57. The molecule has 3 aromatic carbocycles. The number of rotatable bonds is 10. The molecule has 0 bridgehead atoms. The zero-order chi connectivity index (χ0) is 24.7. The summed E-state index contributed by atoms with van der Waals surface area (Å²) in [5.41, 5.74) is 1.29. The van der Waals surface area contributed by atoms with E-state index in [1.165, 1.54) is 0 Å². The fourth-order valence-corrected chi connectivity index (χ4v) is 4.82. The largest absolute Gasteiger partial charge is 0.497 e. The van der Waals surface area contributed by atoms with Crippen LogP contribution < -0.4 is 19.1 Å². The van der Waals surface area contributed by atoms with E-state index in [1.54, 1.807) is 38.3 Å². The third-order valence-electron chi connectivity index (χ3n) is 5.40. The maximum Gasteiger partial charge on any atom is 0.244 e. The third-order valence-corrected chi connectivity index (χ3v) is 6.64. The summed E-state index contributed by atoms with van der Waals surface area (Å²) in [4.78, 5) is 13.1. The zero-order valence-electron chi connectivity index (χ0n) is 19.8. The molecule has 0 aliphatic rings. The molecule has 8 heteroatoms. The molecular weight excluding hydrogens is 452 g/mol. The quantitative estimate of drug-likeness (QED) is 0.444. The van der Waals surface area contributed by atoms with Gasteiger partial charge in [0, 0.05) is 0 Å². The number of amides is 1. The van der Waals surface area contributed by atoms with Crippen LogP contribution in [0, 0.1) is 0 Å². The number of carbonyl (C=O) groups is 1. The van der Waals surface area contributed by atoms with Gasteiger partial charge in [-0.3, -0.25) is 9.10 Å². The van der Waals surface area contributed by atoms with E-state index < -0.39 is 22.0 Å². The lowest BCUT2D eigenvalue weighted by atomic mass is 10.0. The maximum atomic E-state index is 13.1. The van der Waals surface area contributed by atoms with Crippen molar-refractivity contribution < 1.29 is 22.7 Å². The lowest BCUT2D eigenvalue weighted by Crippen LogP contribution is -2.48. The number of benzene rings is 3. The molecule has 0 aliphatic heterocycles. The van der Waals surface area contributed by atoms with Crippen LogP contribution in [-0.4, -0.2) is 33.7 Å². The number of hydrogen-bond acceptors (Lipinski definition) is 5. The van der Waals surface area contributed by atoms with Crippen molar-refractivity contribution in [1.82, 2.24) is 5.32 Å². The van der Waals surface area contributed by atoms with Gasteiger partial charge in [-0.2, -0.15) is 0 Å². The second-order valence-corrected chi connectivity index (χ2v) is 9.75. The van der Waals surface area contributed by atoms with Crippen LogP contribution in [0.15, 0.2) is 78.9 Å². The predicted molar refractivity (Wildman–Crippen MR) is 134 cm³/mol. The minimum atomic E-state index is -3.73. The summed E-state index contributed by atoms with van der Waals surface area (Å²) in [7, 11) is -2.14. The molecule has 0 heterocycles. The highest BCUT2D eigenvalue weighted by Crippen LogP contribution is 2.27. The van der Waals surface area contributed by atoms with Crippen LogP contribution in [-0.2, 0) is 14.8 Å². The first-order valence-corrected chi connectivity index (χ1v) is 12.8. The van der Waals surface area contributed by atoms with Gasteiger partial charge in [0.25, 0.3) is 0 Å². The molecule has 180 valence electrons. The van der Waals surface area contributed by atoms with E-state index in [2.05, 4.69) is 5.32 Å². The van der Waals surface area contributed by atoms with Gasteiger partial charge in [-0.05, 0) is 67.4 Å². The summed E-state index contributed by atoms with van der Waals surface area (Å²) in [5, 5.41) is 2.98. The van der Waals surface area contributed by atoms with Crippen LogP contribution in [0.5, 0.6) is 17.2 Å². The fraction of sp³-hybridized carbons (Fsp3) is 0.269. The molecule has 7 nitrogen and oxygen atoms in total. The van der Waals surface area contributed by atoms with E-state index in [-0.39, 0.29) is 6.04 Å². The molecule has 0 aromatic heterocycles. The van der Waals surface area contributed by atoms with Gasteiger partial charge in [0.05, 0.1) is 25.1 Å². The van der Waals surface area contributed by atoms with Gasteiger partial charge in [0.1, 0.15) is 23.3 Å². The SMILES string of the molecule is CC[C@H](NC(=O)[C@@H](C)N(c1ccc(Oc2ccccc2)cc1)S(C)(=O)=O)c1ccc(OC)cc1. The van der Waals surface area contributed by atoms with Crippen molar-refractivity contribution in [1.29, 1.82) is 0 Å². The second kappa shape index (κ2) is 11.1. The van der Waals surface area contributed by atoms with Gasteiger partial charge < -0.3 is 14.8 Å². The molecule has 2 atom stereocenters. The van der Waals surface area contributed by atoms with Crippen molar-refractivity contribution in [3.05, 3.63) is 84.4 Å². The Kier molecular flexibility index (Phi) is 8.17. The second-order valence-electron chi connectivity index (χ2n) is 7.89. The molecular formula is C26H30N2O5S. The molecule has 0 unspecified atom stereocenters. The Balaban J connectivity index is 1.78. The molecule has 0 radical (unpaired) electrons. The molecule has 3 aromatic rings. The molecule has 1 amide bonds.